The molecule has 0 unspecified atom stereocenters. The molecule has 3 aromatic heterocycles. The molecule has 3 aromatic rings. The van der Waals surface area contributed by atoms with Gasteiger partial charge in [-0.3, -0.25) is 9.59 Å². The number of carbonyl (C=O) groups excluding carboxylic acids is 1. The average molecular weight is 406 g/mol. The molecule has 1 saturated heterocycles. The fourth-order valence-electron chi connectivity index (χ4n) is 3.63. The Hall–Kier alpha value is -3.49. The van der Waals surface area contributed by atoms with Crippen molar-refractivity contribution in [1.82, 2.24) is 24.9 Å². The number of furan rings is 1. The second-order valence-electron chi connectivity index (χ2n) is 7.65. The number of amides is 1. The first-order chi connectivity index (χ1) is 14.7. The first kappa shape index (κ1) is 18.5. The fraction of sp³-hybridized carbons (Fsp3) is 0.381. The van der Waals surface area contributed by atoms with Crippen molar-refractivity contribution >= 4 is 11.7 Å². The zero-order valence-electron chi connectivity index (χ0n) is 16.5. The van der Waals surface area contributed by atoms with E-state index >= 15 is 0 Å². The van der Waals surface area contributed by atoms with Crippen molar-refractivity contribution in [2.24, 2.45) is 0 Å². The number of piperazine rings is 1. The number of anilines is 1. The zero-order chi connectivity index (χ0) is 20.5. The predicted octanol–water partition coefficient (Wildman–Crippen LogP) is 1.52. The summed E-state index contributed by atoms with van der Waals surface area (Å²) in [4.78, 5) is 28.8. The van der Waals surface area contributed by atoms with Crippen molar-refractivity contribution in [1.29, 1.82) is 0 Å². The van der Waals surface area contributed by atoms with E-state index in [1.807, 2.05) is 6.07 Å². The molecule has 0 N–H and O–H groups in total. The van der Waals surface area contributed by atoms with Gasteiger partial charge in [0.25, 0.3) is 5.56 Å². The summed E-state index contributed by atoms with van der Waals surface area (Å²) < 4.78 is 6.51. The second kappa shape index (κ2) is 7.74. The first-order valence-corrected chi connectivity index (χ1v) is 10.2. The van der Waals surface area contributed by atoms with E-state index < -0.39 is 0 Å². The molecular formula is C21H22N6O3. The van der Waals surface area contributed by atoms with Crippen LogP contribution in [-0.2, 0) is 11.3 Å². The summed E-state index contributed by atoms with van der Waals surface area (Å²) in [5.41, 5.74) is 1.27. The van der Waals surface area contributed by atoms with Crippen LogP contribution in [0.15, 0.2) is 51.9 Å². The van der Waals surface area contributed by atoms with Crippen molar-refractivity contribution in [3.63, 3.8) is 0 Å². The van der Waals surface area contributed by atoms with Crippen molar-refractivity contribution in [3.8, 4) is 11.5 Å². The highest BCUT2D eigenvalue weighted by atomic mass is 16.3. The average Bonchev–Trinajstić information content (AvgIpc) is 3.49. The third kappa shape index (κ3) is 3.83. The summed E-state index contributed by atoms with van der Waals surface area (Å²) in [6.45, 7) is 2.40. The lowest BCUT2D eigenvalue weighted by Gasteiger charge is -2.35. The third-order valence-corrected chi connectivity index (χ3v) is 5.55. The minimum Gasteiger partial charge on any atom is -0.463 e. The molecule has 0 spiro atoms. The Labute approximate surface area is 172 Å². The first-order valence-electron chi connectivity index (χ1n) is 10.2. The van der Waals surface area contributed by atoms with Gasteiger partial charge in [0.15, 0.2) is 11.6 Å². The molecule has 30 heavy (non-hydrogen) atoms. The molecule has 0 atom stereocenters. The number of carbonyl (C=O) groups is 1. The minimum atomic E-state index is -0.316. The van der Waals surface area contributed by atoms with Crippen LogP contribution in [0.25, 0.3) is 11.5 Å². The van der Waals surface area contributed by atoms with Gasteiger partial charge >= 0.3 is 0 Å². The smallest absolute Gasteiger partial charge is 0.267 e. The standard InChI is InChI=1S/C21H22N6O3/c28-20-8-6-17(18-2-1-13-30-18)24-27(20)14-21(29)26-11-9-25(10-12-26)19-7-5-16(22-23-19)15-3-4-15/h1-2,5-8,13,15H,3-4,9-12,14H2. The molecule has 0 bridgehead atoms. The van der Waals surface area contributed by atoms with Gasteiger partial charge in [-0.2, -0.15) is 10.2 Å². The van der Waals surface area contributed by atoms with Gasteiger partial charge in [0.1, 0.15) is 12.2 Å². The number of aromatic nitrogens is 4. The Kier molecular flexibility index (Phi) is 4.78. The van der Waals surface area contributed by atoms with Gasteiger partial charge in [0, 0.05) is 38.2 Å². The summed E-state index contributed by atoms with van der Waals surface area (Å²) in [6.07, 6.45) is 3.95. The lowest BCUT2D eigenvalue weighted by Crippen LogP contribution is -2.50. The lowest BCUT2D eigenvalue weighted by atomic mass is 10.2. The van der Waals surface area contributed by atoms with E-state index in [1.54, 1.807) is 29.4 Å². The van der Waals surface area contributed by atoms with Crippen LogP contribution in [-0.4, -0.2) is 57.0 Å². The van der Waals surface area contributed by atoms with E-state index in [-0.39, 0.29) is 18.0 Å². The number of nitrogens with zero attached hydrogens (tertiary/aromatic N) is 6. The van der Waals surface area contributed by atoms with Crippen LogP contribution in [0.1, 0.15) is 24.5 Å². The lowest BCUT2D eigenvalue weighted by molar-refractivity contribution is -0.132. The topological polar surface area (TPSA) is 97.4 Å². The molecule has 9 nitrogen and oxygen atoms in total. The Morgan fingerprint density at radius 1 is 1.03 bits per heavy atom. The molecule has 154 valence electrons. The second-order valence-corrected chi connectivity index (χ2v) is 7.65. The molecule has 4 heterocycles. The maximum atomic E-state index is 12.7. The van der Waals surface area contributed by atoms with Gasteiger partial charge in [0.05, 0.1) is 12.0 Å². The van der Waals surface area contributed by atoms with Crippen LogP contribution < -0.4 is 10.5 Å². The van der Waals surface area contributed by atoms with Gasteiger partial charge in [-0.1, -0.05) is 0 Å². The van der Waals surface area contributed by atoms with Gasteiger partial charge in [0.2, 0.25) is 5.91 Å². The van der Waals surface area contributed by atoms with E-state index in [0.717, 1.165) is 11.5 Å². The highest BCUT2D eigenvalue weighted by molar-refractivity contribution is 5.76. The summed E-state index contributed by atoms with van der Waals surface area (Å²) >= 11 is 0. The Morgan fingerprint density at radius 3 is 2.53 bits per heavy atom. The SMILES string of the molecule is O=C(Cn1nc(-c2ccco2)ccc1=O)N1CCN(c2ccc(C3CC3)nn2)CC1. The summed E-state index contributed by atoms with van der Waals surface area (Å²) in [5, 5.41) is 13.0. The van der Waals surface area contributed by atoms with E-state index in [4.69, 9.17) is 4.42 Å². The van der Waals surface area contributed by atoms with Crippen LogP contribution in [0, 0.1) is 0 Å². The van der Waals surface area contributed by atoms with Crippen molar-refractivity contribution in [2.75, 3.05) is 31.1 Å². The van der Waals surface area contributed by atoms with Gasteiger partial charge < -0.3 is 14.2 Å². The third-order valence-electron chi connectivity index (χ3n) is 5.55. The number of rotatable bonds is 5. The molecule has 1 aliphatic carbocycles. The zero-order valence-corrected chi connectivity index (χ0v) is 16.5. The molecule has 5 rings (SSSR count). The van der Waals surface area contributed by atoms with Crippen LogP contribution in [0.5, 0.6) is 0 Å². The number of hydrogen-bond acceptors (Lipinski definition) is 7. The van der Waals surface area contributed by atoms with E-state index in [2.05, 4.69) is 26.3 Å². The van der Waals surface area contributed by atoms with E-state index in [1.165, 1.54) is 23.6 Å². The molecule has 0 aromatic carbocycles. The van der Waals surface area contributed by atoms with Crippen LogP contribution in [0.4, 0.5) is 5.82 Å². The monoisotopic (exact) mass is 406 g/mol. The molecule has 2 fully saturated rings. The molecule has 1 aliphatic heterocycles. The van der Waals surface area contributed by atoms with Gasteiger partial charge in [-0.05, 0) is 43.2 Å². The maximum Gasteiger partial charge on any atom is 0.267 e. The van der Waals surface area contributed by atoms with Crippen LogP contribution >= 0.6 is 0 Å². The number of hydrogen-bond donors (Lipinski definition) is 0. The molecule has 9 heteroatoms. The minimum absolute atomic E-state index is 0.0940. The summed E-state index contributed by atoms with van der Waals surface area (Å²) in [5.74, 6) is 1.86. The molecule has 1 amide bonds. The Bertz CT molecular complexity index is 1080. The van der Waals surface area contributed by atoms with Gasteiger partial charge in [-0.15, -0.1) is 5.10 Å². The highest BCUT2D eigenvalue weighted by Crippen LogP contribution is 2.38. The highest BCUT2D eigenvalue weighted by Gasteiger charge is 2.26. The predicted molar refractivity (Wildman–Crippen MR) is 109 cm³/mol. The maximum absolute atomic E-state index is 12.7. The van der Waals surface area contributed by atoms with Crippen LogP contribution in [0.3, 0.4) is 0 Å². The largest absolute Gasteiger partial charge is 0.463 e. The quantitative estimate of drug-likeness (QED) is 0.634. The van der Waals surface area contributed by atoms with Crippen molar-refractivity contribution in [3.05, 3.63) is 58.7 Å². The summed E-state index contributed by atoms with van der Waals surface area (Å²) in [6, 6.07) is 10.6. The van der Waals surface area contributed by atoms with Gasteiger partial charge in [-0.25, -0.2) is 4.68 Å². The molecule has 1 saturated carbocycles. The van der Waals surface area contributed by atoms with Crippen molar-refractivity contribution < 1.29 is 9.21 Å². The Balaban J connectivity index is 1.21. The normalized spacial score (nSPS) is 16.7. The Morgan fingerprint density at radius 2 is 1.87 bits per heavy atom. The molecular weight excluding hydrogens is 384 g/mol. The fourth-order valence-corrected chi connectivity index (χ4v) is 3.63. The summed E-state index contributed by atoms with van der Waals surface area (Å²) in [7, 11) is 0. The van der Waals surface area contributed by atoms with E-state index in [0.29, 0.717) is 43.6 Å². The molecule has 2 aliphatic rings. The van der Waals surface area contributed by atoms with Crippen molar-refractivity contribution in [2.45, 2.75) is 25.3 Å². The molecule has 0 radical (unpaired) electrons. The van der Waals surface area contributed by atoms with Crippen LogP contribution in [0.2, 0.25) is 0 Å². The van der Waals surface area contributed by atoms with E-state index in [9.17, 15) is 9.59 Å².